The van der Waals surface area contributed by atoms with E-state index in [2.05, 4.69) is 58.5 Å². The number of nitriles is 1. The lowest BCUT2D eigenvalue weighted by Crippen LogP contribution is -2.55. The Bertz CT molecular complexity index is 1340. The molecule has 42 heavy (non-hydrogen) atoms. The van der Waals surface area contributed by atoms with Crippen molar-refractivity contribution in [3.05, 3.63) is 53.7 Å². The summed E-state index contributed by atoms with van der Waals surface area (Å²) in [7, 11) is 0. The molecule has 3 aliphatic heterocycles. The summed E-state index contributed by atoms with van der Waals surface area (Å²) in [4.78, 5) is 31.4. The van der Waals surface area contributed by atoms with Gasteiger partial charge in [-0.3, -0.25) is 9.69 Å². The van der Waals surface area contributed by atoms with E-state index in [-0.39, 0.29) is 18.4 Å². The number of carbonyl (C=O) groups is 1. The fourth-order valence-electron chi connectivity index (χ4n) is 6.98. The number of anilines is 2. The molecule has 2 fully saturated rings. The van der Waals surface area contributed by atoms with Crippen molar-refractivity contribution in [2.24, 2.45) is 0 Å². The first-order valence-electron chi connectivity index (χ1n) is 15.3. The molecule has 0 bridgehead atoms. The number of para-hydroxylation sites is 1. The van der Waals surface area contributed by atoms with Gasteiger partial charge in [-0.1, -0.05) is 31.7 Å². The van der Waals surface area contributed by atoms with Crippen LogP contribution in [0, 0.1) is 11.3 Å². The molecular formula is C32H41N7O3. The molecule has 1 aromatic heterocycles. The Morgan fingerprint density at radius 3 is 2.83 bits per heavy atom. The summed E-state index contributed by atoms with van der Waals surface area (Å²) in [6, 6.07) is 11.6. The number of morpholine rings is 1. The van der Waals surface area contributed by atoms with Gasteiger partial charge in [0.1, 0.15) is 12.4 Å². The van der Waals surface area contributed by atoms with E-state index in [9.17, 15) is 10.1 Å². The first-order valence-corrected chi connectivity index (χ1v) is 15.3. The molecule has 3 atom stereocenters. The smallest absolute Gasteiger partial charge is 0.318 e. The van der Waals surface area contributed by atoms with E-state index in [1.807, 2.05) is 0 Å². The quantitative estimate of drug-likeness (QED) is 0.443. The van der Waals surface area contributed by atoms with Crippen LogP contribution >= 0.6 is 0 Å². The Kier molecular flexibility index (Phi) is 8.58. The van der Waals surface area contributed by atoms with E-state index in [0.717, 1.165) is 70.2 Å². The van der Waals surface area contributed by atoms with Crippen LogP contribution in [0.1, 0.15) is 42.5 Å². The molecule has 4 heterocycles. The van der Waals surface area contributed by atoms with E-state index in [1.165, 1.54) is 22.9 Å². The largest absolute Gasteiger partial charge is 0.462 e. The first kappa shape index (κ1) is 28.4. The fourth-order valence-corrected chi connectivity index (χ4v) is 6.98. The molecule has 2 saturated heterocycles. The van der Waals surface area contributed by atoms with Gasteiger partial charge in [0.15, 0.2) is 0 Å². The second-order valence-electron chi connectivity index (χ2n) is 11.8. The van der Waals surface area contributed by atoms with Gasteiger partial charge in [0, 0.05) is 75.4 Å². The van der Waals surface area contributed by atoms with E-state index in [1.54, 1.807) is 4.90 Å². The van der Waals surface area contributed by atoms with Crippen molar-refractivity contribution in [2.75, 3.05) is 75.4 Å². The highest BCUT2D eigenvalue weighted by Gasteiger charge is 2.36. The maximum Gasteiger partial charge on any atom is 0.318 e. The van der Waals surface area contributed by atoms with Crippen molar-refractivity contribution in [1.82, 2.24) is 19.8 Å². The molecule has 0 spiro atoms. The minimum absolute atomic E-state index is 0.130. The third kappa shape index (κ3) is 5.81. The number of benzene rings is 1. The Morgan fingerprint density at radius 1 is 1.19 bits per heavy atom. The lowest BCUT2D eigenvalue weighted by Gasteiger charge is -2.42. The van der Waals surface area contributed by atoms with Gasteiger partial charge in [-0.05, 0) is 30.5 Å². The topological polar surface area (TPSA) is 98.1 Å². The van der Waals surface area contributed by atoms with Gasteiger partial charge >= 0.3 is 6.01 Å². The summed E-state index contributed by atoms with van der Waals surface area (Å²) in [5.74, 6) is 1.27. The van der Waals surface area contributed by atoms with Gasteiger partial charge < -0.3 is 24.2 Å². The van der Waals surface area contributed by atoms with Crippen LogP contribution in [-0.2, 0) is 22.4 Å². The number of fused-ring (bicyclic) bond motifs is 2. The molecule has 6 rings (SSSR count). The van der Waals surface area contributed by atoms with Gasteiger partial charge in [-0.25, -0.2) is 0 Å². The average Bonchev–Trinajstić information content (AvgIpc) is 3.37. The Balaban J connectivity index is 1.26. The van der Waals surface area contributed by atoms with Crippen molar-refractivity contribution in [3.63, 3.8) is 0 Å². The third-order valence-corrected chi connectivity index (χ3v) is 9.20. The lowest BCUT2D eigenvalue weighted by molar-refractivity contribution is -0.128. The first-order chi connectivity index (χ1) is 20.6. The minimum atomic E-state index is -0.218. The molecule has 4 aliphatic rings. The van der Waals surface area contributed by atoms with Crippen LogP contribution in [0.15, 0.2) is 36.9 Å². The molecule has 2 aromatic rings. The zero-order chi connectivity index (χ0) is 29.1. The number of hydrogen-bond donors (Lipinski definition) is 0. The Labute approximate surface area is 248 Å². The van der Waals surface area contributed by atoms with Crippen LogP contribution < -0.4 is 14.5 Å². The second-order valence-corrected chi connectivity index (χ2v) is 11.8. The highest BCUT2D eigenvalue weighted by atomic mass is 16.5. The van der Waals surface area contributed by atoms with Crippen molar-refractivity contribution >= 4 is 17.4 Å². The summed E-state index contributed by atoms with van der Waals surface area (Å²) in [5, 5.41) is 9.52. The van der Waals surface area contributed by atoms with Crippen molar-refractivity contribution in [2.45, 2.75) is 50.6 Å². The molecule has 10 nitrogen and oxygen atoms in total. The second kappa shape index (κ2) is 12.7. The van der Waals surface area contributed by atoms with E-state index in [0.29, 0.717) is 44.2 Å². The average molecular weight is 572 g/mol. The maximum atomic E-state index is 12.5. The van der Waals surface area contributed by atoms with Crippen LogP contribution in [0.25, 0.3) is 0 Å². The molecule has 222 valence electrons. The highest BCUT2D eigenvalue weighted by molar-refractivity contribution is 5.87. The molecule has 0 saturated carbocycles. The van der Waals surface area contributed by atoms with Crippen molar-refractivity contribution < 1.29 is 14.3 Å². The highest BCUT2D eigenvalue weighted by Crippen LogP contribution is 2.41. The van der Waals surface area contributed by atoms with Gasteiger partial charge in [-0.2, -0.15) is 15.2 Å². The van der Waals surface area contributed by atoms with Crippen LogP contribution in [-0.4, -0.2) is 103 Å². The van der Waals surface area contributed by atoms with Crippen molar-refractivity contribution in [3.8, 4) is 12.1 Å². The maximum absolute atomic E-state index is 12.5. The van der Waals surface area contributed by atoms with E-state index in [4.69, 9.17) is 19.4 Å². The number of ether oxygens (including phenoxy) is 2. The molecular weight excluding hydrogens is 530 g/mol. The SMILES string of the molecule is C=CC(=O)N1CCN(c2nc(OCCN3CCOCC3)nc3c2CC[C@@H](N2C[C@H](C)c4ccccc42)C3)C[C@@H]1CC#N. The number of carbonyl (C=O) groups excluding carboxylic acids is 1. The number of amides is 1. The molecule has 0 unspecified atom stereocenters. The number of aromatic nitrogens is 2. The summed E-state index contributed by atoms with van der Waals surface area (Å²) in [5.41, 5.74) is 4.99. The number of rotatable bonds is 8. The zero-order valence-corrected chi connectivity index (χ0v) is 24.6. The monoisotopic (exact) mass is 571 g/mol. The van der Waals surface area contributed by atoms with E-state index >= 15 is 0 Å². The standard InChI is InChI=1S/C32H41N7O3/c1-3-30(40)38-13-12-37(22-25(38)10-11-33)31-27-9-8-24(39-21-23(2)26-6-4-5-7-29(26)39)20-28(27)34-32(35-31)42-19-16-36-14-17-41-18-15-36/h3-7,23-25H,1,8-10,12-22H2,2H3/t23-,24+,25-/m0/s1. The predicted molar refractivity (Wildman–Crippen MR) is 161 cm³/mol. The summed E-state index contributed by atoms with van der Waals surface area (Å²) in [6.45, 7) is 13.3. The van der Waals surface area contributed by atoms with Gasteiger partial charge in [0.05, 0.1) is 37.4 Å². The van der Waals surface area contributed by atoms with Crippen LogP contribution in [0.4, 0.5) is 11.5 Å². The van der Waals surface area contributed by atoms with Gasteiger partial charge in [0.2, 0.25) is 5.91 Å². The van der Waals surface area contributed by atoms with Gasteiger partial charge in [0.25, 0.3) is 0 Å². The Morgan fingerprint density at radius 2 is 2.02 bits per heavy atom. The van der Waals surface area contributed by atoms with Crippen LogP contribution in [0.2, 0.25) is 0 Å². The third-order valence-electron chi connectivity index (χ3n) is 9.20. The summed E-state index contributed by atoms with van der Waals surface area (Å²) in [6.07, 6.45) is 4.34. The van der Waals surface area contributed by atoms with E-state index < -0.39 is 0 Å². The lowest BCUT2D eigenvalue weighted by atomic mass is 9.90. The molecule has 0 N–H and O–H groups in total. The molecule has 0 radical (unpaired) electrons. The zero-order valence-electron chi connectivity index (χ0n) is 24.6. The predicted octanol–water partition coefficient (Wildman–Crippen LogP) is 2.79. The summed E-state index contributed by atoms with van der Waals surface area (Å²) >= 11 is 0. The van der Waals surface area contributed by atoms with Gasteiger partial charge in [-0.15, -0.1) is 0 Å². The number of hydrogen-bond acceptors (Lipinski definition) is 9. The number of nitrogens with zero attached hydrogens (tertiary/aromatic N) is 7. The fraction of sp³-hybridized carbons (Fsp3) is 0.562. The normalized spacial score (nSPS) is 24.1. The van der Waals surface area contributed by atoms with Crippen LogP contribution in [0.3, 0.4) is 0 Å². The minimum Gasteiger partial charge on any atom is -0.462 e. The summed E-state index contributed by atoms with van der Waals surface area (Å²) < 4.78 is 11.7. The van der Waals surface area contributed by atoms with Crippen molar-refractivity contribution in [1.29, 1.82) is 5.26 Å². The number of piperazine rings is 1. The molecule has 10 heteroatoms. The Hall–Kier alpha value is -3.68. The van der Waals surface area contributed by atoms with Crippen LogP contribution in [0.5, 0.6) is 6.01 Å². The molecule has 1 aliphatic carbocycles. The molecule has 1 aromatic carbocycles. The molecule has 1 amide bonds.